The molecule has 0 saturated carbocycles. The summed E-state index contributed by atoms with van der Waals surface area (Å²) in [5.74, 6) is -0.307. The van der Waals surface area contributed by atoms with Crippen LogP contribution in [0.15, 0.2) is 30.3 Å². The van der Waals surface area contributed by atoms with Crippen LogP contribution in [0.4, 0.5) is 5.82 Å². The summed E-state index contributed by atoms with van der Waals surface area (Å²) in [4.78, 5) is 26.7. The molecule has 1 aromatic heterocycles. The molecule has 2 aromatic rings. The predicted molar refractivity (Wildman–Crippen MR) is 115 cm³/mol. The molecule has 160 valence electrons. The van der Waals surface area contributed by atoms with Crippen molar-refractivity contribution in [3.05, 3.63) is 52.2 Å². The van der Waals surface area contributed by atoms with E-state index in [0.29, 0.717) is 17.5 Å². The number of benzene rings is 1. The van der Waals surface area contributed by atoms with Crippen LogP contribution in [0.5, 0.6) is 0 Å². The summed E-state index contributed by atoms with van der Waals surface area (Å²) in [6.45, 7) is 6.98. The van der Waals surface area contributed by atoms with Crippen molar-refractivity contribution in [1.29, 1.82) is 0 Å². The number of aromatic nitrogens is 2. The standard InChI is InChI=1S/C22H27ClN4O3/c1-14-6-7-17(11-15(14)2)16(3)24-21(28)13-30-22(29)18-5-4-10-27(12-18)20-9-8-19(23)25-26-20/h6-9,11,16,18H,4-5,10,12-13H2,1-3H3,(H,24,28)/t16-,18-/m1/s1. The van der Waals surface area contributed by atoms with Gasteiger partial charge in [-0.05, 0) is 62.4 Å². The van der Waals surface area contributed by atoms with Gasteiger partial charge in [0, 0.05) is 13.1 Å². The van der Waals surface area contributed by atoms with Crippen molar-refractivity contribution in [2.75, 3.05) is 24.6 Å². The molecule has 3 rings (SSSR count). The average molecular weight is 431 g/mol. The van der Waals surface area contributed by atoms with Crippen LogP contribution in [0.2, 0.25) is 5.15 Å². The van der Waals surface area contributed by atoms with Crippen LogP contribution in [0.25, 0.3) is 0 Å². The van der Waals surface area contributed by atoms with E-state index in [-0.39, 0.29) is 30.4 Å². The van der Waals surface area contributed by atoms with E-state index in [9.17, 15) is 9.59 Å². The summed E-state index contributed by atoms with van der Waals surface area (Å²) in [6, 6.07) is 9.38. The Bertz CT molecular complexity index is 904. The number of piperidine rings is 1. The summed E-state index contributed by atoms with van der Waals surface area (Å²) in [5.41, 5.74) is 3.40. The lowest BCUT2D eigenvalue weighted by Crippen LogP contribution is -2.41. The number of carbonyl (C=O) groups is 2. The largest absolute Gasteiger partial charge is 0.455 e. The highest BCUT2D eigenvalue weighted by atomic mass is 35.5. The summed E-state index contributed by atoms with van der Waals surface area (Å²) in [5, 5.41) is 11.1. The summed E-state index contributed by atoms with van der Waals surface area (Å²) in [7, 11) is 0. The Hall–Kier alpha value is -2.67. The van der Waals surface area contributed by atoms with E-state index in [4.69, 9.17) is 16.3 Å². The number of esters is 1. The Balaban J connectivity index is 1.48. The van der Waals surface area contributed by atoms with Gasteiger partial charge in [-0.15, -0.1) is 10.2 Å². The van der Waals surface area contributed by atoms with Crippen molar-refractivity contribution in [2.24, 2.45) is 5.92 Å². The number of aryl methyl sites for hydroxylation is 2. The fourth-order valence-corrected chi connectivity index (χ4v) is 3.61. The first-order valence-corrected chi connectivity index (χ1v) is 10.5. The van der Waals surface area contributed by atoms with Crippen molar-refractivity contribution in [2.45, 2.75) is 39.7 Å². The maximum atomic E-state index is 12.5. The van der Waals surface area contributed by atoms with Crippen LogP contribution < -0.4 is 10.2 Å². The normalized spacial score (nSPS) is 17.3. The number of amides is 1. The first-order chi connectivity index (χ1) is 14.3. The van der Waals surface area contributed by atoms with Gasteiger partial charge in [0.05, 0.1) is 12.0 Å². The molecule has 1 aromatic carbocycles. The molecule has 2 heterocycles. The van der Waals surface area contributed by atoms with Crippen LogP contribution >= 0.6 is 11.6 Å². The van der Waals surface area contributed by atoms with Gasteiger partial charge >= 0.3 is 5.97 Å². The Morgan fingerprint density at radius 3 is 2.73 bits per heavy atom. The van der Waals surface area contributed by atoms with Gasteiger partial charge in [0.2, 0.25) is 0 Å². The SMILES string of the molecule is Cc1ccc([C@@H](C)NC(=O)COC(=O)[C@@H]2CCCN(c3ccc(Cl)nn3)C2)cc1C. The fraction of sp³-hybridized carbons (Fsp3) is 0.455. The third kappa shape index (κ3) is 5.69. The zero-order chi connectivity index (χ0) is 21.7. The number of ether oxygens (including phenoxy) is 1. The van der Waals surface area contributed by atoms with E-state index < -0.39 is 0 Å². The second-order valence-corrected chi connectivity index (χ2v) is 8.13. The number of carbonyl (C=O) groups excluding carboxylic acids is 2. The highest BCUT2D eigenvalue weighted by Crippen LogP contribution is 2.23. The number of nitrogens with zero attached hydrogens (tertiary/aromatic N) is 3. The monoisotopic (exact) mass is 430 g/mol. The minimum atomic E-state index is -0.365. The molecule has 7 nitrogen and oxygen atoms in total. The minimum Gasteiger partial charge on any atom is -0.455 e. The maximum Gasteiger partial charge on any atom is 0.311 e. The van der Waals surface area contributed by atoms with Gasteiger partial charge in [-0.1, -0.05) is 29.8 Å². The van der Waals surface area contributed by atoms with E-state index in [1.54, 1.807) is 12.1 Å². The van der Waals surface area contributed by atoms with E-state index in [2.05, 4.69) is 21.6 Å². The summed E-state index contributed by atoms with van der Waals surface area (Å²) in [6.07, 6.45) is 1.55. The average Bonchev–Trinajstić information content (AvgIpc) is 2.74. The molecule has 1 aliphatic heterocycles. The van der Waals surface area contributed by atoms with Crippen LogP contribution in [-0.4, -0.2) is 41.8 Å². The molecule has 0 radical (unpaired) electrons. The Morgan fingerprint density at radius 2 is 2.03 bits per heavy atom. The Labute approximate surface area is 181 Å². The molecule has 1 amide bonds. The fourth-order valence-electron chi connectivity index (χ4n) is 3.51. The third-order valence-corrected chi connectivity index (χ3v) is 5.65. The van der Waals surface area contributed by atoms with Gasteiger partial charge in [-0.3, -0.25) is 9.59 Å². The van der Waals surface area contributed by atoms with Gasteiger partial charge in [0.15, 0.2) is 17.6 Å². The van der Waals surface area contributed by atoms with Gasteiger partial charge < -0.3 is 15.0 Å². The molecule has 2 atom stereocenters. The second kappa shape index (κ2) is 9.89. The minimum absolute atomic E-state index is 0.163. The molecule has 0 spiro atoms. The maximum absolute atomic E-state index is 12.5. The number of hydrogen-bond acceptors (Lipinski definition) is 6. The number of nitrogens with one attached hydrogen (secondary N) is 1. The zero-order valence-electron chi connectivity index (χ0n) is 17.5. The van der Waals surface area contributed by atoms with Crippen molar-refractivity contribution in [1.82, 2.24) is 15.5 Å². The van der Waals surface area contributed by atoms with Crippen LogP contribution in [0.3, 0.4) is 0 Å². The van der Waals surface area contributed by atoms with Crippen molar-refractivity contribution < 1.29 is 14.3 Å². The van der Waals surface area contributed by atoms with Crippen LogP contribution in [-0.2, 0) is 14.3 Å². The molecule has 0 aliphatic carbocycles. The van der Waals surface area contributed by atoms with Crippen molar-refractivity contribution >= 4 is 29.3 Å². The van der Waals surface area contributed by atoms with Crippen molar-refractivity contribution in [3.8, 4) is 0 Å². The molecule has 1 N–H and O–H groups in total. The van der Waals surface area contributed by atoms with Crippen LogP contribution in [0.1, 0.15) is 42.5 Å². The van der Waals surface area contributed by atoms with E-state index in [1.165, 1.54) is 11.1 Å². The molecular formula is C22H27ClN4O3. The van der Waals surface area contributed by atoms with E-state index in [1.807, 2.05) is 37.8 Å². The highest BCUT2D eigenvalue weighted by Gasteiger charge is 2.28. The molecule has 30 heavy (non-hydrogen) atoms. The smallest absolute Gasteiger partial charge is 0.311 e. The van der Waals surface area contributed by atoms with Crippen LogP contribution in [0, 0.1) is 19.8 Å². The first-order valence-electron chi connectivity index (χ1n) is 10.1. The molecule has 1 saturated heterocycles. The van der Waals surface area contributed by atoms with Gasteiger partial charge in [-0.25, -0.2) is 0 Å². The second-order valence-electron chi connectivity index (χ2n) is 7.74. The molecule has 8 heteroatoms. The van der Waals surface area contributed by atoms with Crippen molar-refractivity contribution in [3.63, 3.8) is 0 Å². The number of hydrogen-bond donors (Lipinski definition) is 1. The highest BCUT2D eigenvalue weighted by molar-refractivity contribution is 6.29. The molecule has 1 aliphatic rings. The van der Waals surface area contributed by atoms with E-state index in [0.717, 1.165) is 24.9 Å². The molecule has 1 fully saturated rings. The van der Waals surface area contributed by atoms with Gasteiger partial charge in [0.1, 0.15) is 0 Å². The number of halogens is 1. The summed E-state index contributed by atoms with van der Waals surface area (Å²) < 4.78 is 5.29. The Morgan fingerprint density at radius 1 is 1.23 bits per heavy atom. The topological polar surface area (TPSA) is 84.4 Å². The summed E-state index contributed by atoms with van der Waals surface area (Å²) >= 11 is 5.79. The molecular weight excluding hydrogens is 404 g/mol. The zero-order valence-corrected chi connectivity index (χ0v) is 18.3. The van der Waals surface area contributed by atoms with E-state index >= 15 is 0 Å². The number of anilines is 1. The lowest BCUT2D eigenvalue weighted by atomic mass is 9.98. The third-order valence-electron chi connectivity index (χ3n) is 5.45. The predicted octanol–water partition coefficient (Wildman–Crippen LogP) is 3.38. The quantitative estimate of drug-likeness (QED) is 0.707. The first kappa shape index (κ1) is 22.0. The number of rotatable bonds is 6. The molecule has 0 unspecified atom stereocenters. The lowest BCUT2D eigenvalue weighted by Gasteiger charge is -2.32. The lowest BCUT2D eigenvalue weighted by molar-refractivity contribution is -0.153. The van der Waals surface area contributed by atoms with Gasteiger partial charge in [-0.2, -0.15) is 0 Å². The van der Waals surface area contributed by atoms with Gasteiger partial charge in [0.25, 0.3) is 5.91 Å². The molecule has 0 bridgehead atoms. The Kier molecular flexibility index (Phi) is 7.26.